The lowest BCUT2D eigenvalue weighted by Crippen LogP contribution is -2.36. The normalized spacial score (nSPS) is 10.4. The molecule has 0 bridgehead atoms. The van der Waals surface area contributed by atoms with E-state index in [2.05, 4.69) is 12.2 Å². The number of anilines is 1. The summed E-state index contributed by atoms with van der Waals surface area (Å²) < 4.78 is 19.2. The van der Waals surface area contributed by atoms with E-state index in [1.807, 2.05) is 25.1 Å². The zero-order valence-corrected chi connectivity index (χ0v) is 14.0. The summed E-state index contributed by atoms with van der Waals surface area (Å²) in [5, 5.41) is 12.6. The lowest BCUT2D eigenvalue weighted by molar-refractivity contribution is 0.205. The fourth-order valence-corrected chi connectivity index (χ4v) is 2.32. The summed E-state index contributed by atoms with van der Waals surface area (Å²) in [4.78, 5) is 11.6. The monoisotopic (exact) mass is 332 g/mol. The molecular formula is C18H21FN2O3. The zero-order valence-electron chi connectivity index (χ0n) is 14.0. The minimum Gasteiger partial charge on any atom is -0.489 e. The number of carbonyl (C=O) groups excluding carboxylic acids is 1. The molecule has 2 rings (SSSR count). The van der Waals surface area contributed by atoms with Crippen LogP contribution in [0.5, 0.6) is 5.75 Å². The topological polar surface area (TPSA) is 61.8 Å². The number of carbonyl (C=O) groups is 1. The van der Waals surface area contributed by atoms with Crippen LogP contribution in [0.3, 0.4) is 0 Å². The Kier molecular flexibility index (Phi) is 5.76. The molecule has 0 unspecified atom stereocenters. The van der Waals surface area contributed by atoms with Crippen molar-refractivity contribution in [2.24, 2.45) is 0 Å². The number of hydroxylamine groups is 1. The molecule has 2 aromatic rings. The smallest absolute Gasteiger partial charge is 0.345 e. The van der Waals surface area contributed by atoms with Gasteiger partial charge < -0.3 is 10.1 Å². The van der Waals surface area contributed by atoms with Crippen molar-refractivity contribution in [3.8, 4) is 5.75 Å². The first kappa shape index (κ1) is 17.7. The number of hydrogen-bond acceptors (Lipinski definition) is 3. The summed E-state index contributed by atoms with van der Waals surface area (Å²) in [5.41, 5.74) is 2.73. The van der Waals surface area contributed by atoms with Crippen molar-refractivity contribution in [1.82, 2.24) is 5.32 Å². The van der Waals surface area contributed by atoms with Crippen molar-refractivity contribution in [2.75, 3.05) is 12.1 Å². The lowest BCUT2D eigenvalue weighted by atomic mass is 10.1. The molecule has 24 heavy (non-hydrogen) atoms. The Morgan fingerprint density at radius 1 is 1.29 bits per heavy atom. The molecule has 0 saturated heterocycles. The van der Waals surface area contributed by atoms with Crippen molar-refractivity contribution in [3.63, 3.8) is 0 Å². The number of amides is 2. The summed E-state index contributed by atoms with van der Waals surface area (Å²) >= 11 is 0. The summed E-state index contributed by atoms with van der Waals surface area (Å²) in [5.74, 6) is 0.145. The average Bonchev–Trinajstić information content (AvgIpc) is 2.59. The maximum absolute atomic E-state index is 13.5. The van der Waals surface area contributed by atoms with E-state index >= 15 is 0 Å². The summed E-state index contributed by atoms with van der Waals surface area (Å²) in [6.07, 6.45) is 0.939. The Morgan fingerprint density at radius 2 is 2.04 bits per heavy atom. The van der Waals surface area contributed by atoms with Crippen molar-refractivity contribution in [3.05, 3.63) is 58.9 Å². The highest BCUT2D eigenvalue weighted by Crippen LogP contribution is 2.25. The molecular weight excluding hydrogens is 311 g/mol. The predicted octanol–water partition coefficient (Wildman–Crippen LogP) is 3.81. The molecule has 0 aromatic heterocycles. The number of ether oxygens (including phenoxy) is 1. The number of aryl methyl sites for hydroxylation is 2. The van der Waals surface area contributed by atoms with Crippen molar-refractivity contribution in [2.45, 2.75) is 26.9 Å². The molecule has 2 N–H and O–H groups in total. The van der Waals surface area contributed by atoms with Crippen LogP contribution in [0, 0.1) is 12.7 Å². The van der Waals surface area contributed by atoms with Gasteiger partial charge in [-0.15, -0.1) is 0 Å². The van der Waals surface area contributed by atoms with Gasteiger partial charge in [0.25, 0.3) is 0 Å². The highest BCUT2D eigenvalue weighted by Gasteiger charge is 2.17. The number of benzene rings is 2. The molecule has 2 aromatic carbocycles. The van der Waals surface area contributed by atoms with Gasteiger partial charge in [-0.1, -0.05) is 25.1 Å². The fourth-order valence-electron chi connectivity index (χ4n) is 2.32. The first-order chi connectivity index (χ1) is 11.5. The molecule has 0 aliphatic carbocycles. The zero-order chi connectivity index (χ0) is 17.7. The van der Waals surface area contributed by atoms with E-state index in [9.17, 15) is 14.4 Å². The quantitative estimate of drug-likeness (QED) is 0.646. The van der Waals surface area contributed by atoms with Crippen LogP contribution in [0.4, 0.5) is 14.9 Å². The van der Waals surface area contributed by atoms with E-state index in [4.69, 9.17) is 4.74 Å². The van der Waals surface area contributed by atoms with Crippen molar-refractivity contribution in [1.29, 1.82) is 0 Å². The Morgan fingerprint density at radius 3 is 2.67 bits per heavy atom. The van der Waals surface area contributed by atoms with Gasteiger partial charge in [-0.3, -0.25) is 5.21 Å². The Balaban J connectivity index is 2.22. The van der Waals surface area contributed by atoms with E-state index in [0.717, 1.165) is 18.1 Å². The van der Waals surface area contributed by atoms with Crippen molar-refractivity contribution >= 4 is 11.7 Å². The van der Waals surface area contributed by atoms with Gasteiger partial charge in [0.2, 0.25) is 0 Å². The molecule has 2 amide bonds. The van der Waals surface area contributed by atoms with Crippen LogP contribution in [0.25, 0.3) is 0 Å². The van der Waals surface area contributed by atoms with Crippen molar-refractivity contribution < 1.29 is 19.1 Å². The third-order valence-corrected chi connectivity index (χ3v) is 3.71. The minimum absolute atomic E-state index is 0.0391. The molecule has 0 radical (unpaired) electrons. The molecule has 0 saturated carbocycles. The average molecular weight is 332 g/mol. The van der Waals surface area contributed by atoms with Crippen LogP contribution in [0.15, 0.2) is 36.4 Å². The second-order valence-electron chi connectivity index (χ2n) is 5.38. The van der Waals surface area contributed by atoms with Gasteiger partial charge in [0.15, 0.2) is 0 Å². The van der Waals surface area contributed by atoms with Gasteiger partial charge in [0.1, 0.15) is 18.2 Å². The van der Waals surface area contributed by atoms with E-state index in [1.54, 1.807) is 0 Å². The molecule has 0 aliphatic rings. The predicted molar refractivity (Wildman–Crippen MR) is 90.0 cm³/mol. The molecule has 5 nitrogen and oxygen atoms in total. The molecule has 0 spiro atoms. The molecule has 0 aliphatic heterocycles. The van der Waals surface area contributed by atoms with Gasteiger partial charge in [-0.2, -0.15) is 5.06 Å². The van der Waals surface area contributed by atoms with E-state index in [0.29, 0.717) is 16.4 Å². The lowest BCUT2D eigenvalue weighted by Gasteiger charge is -2.19. The number of nitrogens with one attached hydrogen (secondary N) is 1. The number of urea groups is 1. The fraction of sp³-hybridized carbons (Fsp3) is 0.278. The van der Waals surface area contributed by atoms with Gasteiger partial charge in [-0.25, -0.2) is 9.18 Å². The number of hydrogen-bond donors (Lipinski definition) is 2. The number of halogens is 1. The summed E-state index contributed by atoms with van der Waals surface area (Å²) in [7, 11) is 1.37. The molecule has 0 atom stereocenters. The van der Waals surface area contributed by atoms with Crippen LogP contribution in [-0.4, -0.2) is 18.3 Å². The van der Waals surface area contributed by atoms with Crippen LogP contribution < -0.4 is 15.1 Å². The van der Waals surface area contributed by atoms with Gasteiger partial charge in [0.05, 0.1) is 5.69 Å². The maximum atomic E-state index is 13.5. The highest BCUT2D eigenvalue weighted by molar-refractivity contribution is 5.90. The van der Waals surface area contributed by atoms with Crippen LogP contribution in [0.1, 0.15) is 23.6 Å². The number of nitrogens with zero attached hydrogens (tertiary/aromatic N) is 1. The van der Waals surface area contributed by atoms with E-state index in [-0.39, 0.29) is 12.3 Å². The second kappa shape index (κ2) is 7.79. The molecule has 0 fully saturated rings. The molecule has 0 heterocycles. The molecule has 6 heteroatoms. The Hall–Kier alpha value is -2.60. The largest absolute Gasteiger partial charge is 0.489 e. The summed E-state index contributed by atoms with van der Waals surface area (Å²) in [6, 6.07) is 8.97. The first-order valence-corrected chi connectivity index (χ1v) is 7.67. The van der Waals surface area contributed by atoms with Gasteiger partial charge in [-0.05, 0) is 36.6 Å². The SMILES string of the molecule is CCc1ccc(OCc2ccc(F)cc2N(O)C(=O)NC)c(C)c1. The standard InChI is InChI=1S/C18H21FN2O3/c1-4-13-5-8-17(12(2)9-13)24-11-14-6-7-15(19)10-16(14)21(23)18(22)20-3/h5-10,23H,4,11H2,1-3H3,(H,20,22). The molecule has 128 valence electrons. The maximum Gasteiger partial charge on any atom is 0.345 e. The van der Waals surface area contributed by atoms with Gasteiger partial charge >= 0.3 is 6.03 Å². The Labute approximate surface area is 140 Å². The second-order valence-corrected chi connectivity index (χ2v) is 5.38. The number of rotatable bonds is 5. The van der Waals surface area contributed by atoms with E-state index < -0.39 is 11.8 Å². The highest BCUT2D eigenvalue weighted by atomic mass is 19.1. The third-order valence-electron chi connectivity index (χ3n) is 3.71. The van der Waals surface area contributed by atoms with Crippen LogP contribution >= 0.6 is 0 Å². The van der Waals surface area contributed by atoms with Crippen LogP contribution in [0.2, 0.25) is 0 Å². The van der Waals surface area contributed by atoms with Gasteiger partial charge in [0, 0.05) is 18.7 Å². The minimum atomic E-state index is -0.759. The summed E-state index contributed by atoms with van der Waals surface area (Å²) in [6.45, 7) is 4.12. The first-order valence-electron chi connectivity index (χ1n) is 7.67. The third kappa shape index (κ3) is 4.02. The van der Waals surface area contributed by atoms with E-state index in [1.165, 1.54) is 24.7 Å². The van der Waals surface area contributed by atoms with Crippen LogP contribution in [-0.2, 0) is 13.0 Å². The Bertz CT molecular complexity index is 734.